The molecule has 2 aromatic rings. The molecular weight excluding hydrogens is 342 g/mol. The van der Waals surface area contributed by atoms with Crippen molar-refractivity contribution in [1.82, 2.24) is 4.90 Å². The fourth-order valence-electron chi connectivity index (χ4n) is 3.36. The lowest BCUT2D eigenvalue weighted by molar-refractivity contribution is -0.130. The molecule has 7 heteroatoms. The highest BCUT2D eigenvalue weighted by Crippen LogP contribution is 2.41. The number of thiophene rings is 1. The maximum absolute atomic E-state index is 12.8. The molecule has 0 bridgehead atoms. The fourth-order valence-corrected chi connectivity index (χ4v) is 4.21. The number of hydrogen-bond donors (Lipinski definition) is 1. The summed E-state index contributed by atoms with van der Waals surface area (Å²) in [7, 11) is 0. The van der Waals surface area contributed by atoms with Gasteiger partial charge in [0.05, 0.1) is 24.0 Å². The van der Waals surface area contributed by atoms with Gasteiger partial charge >= 0.3 is 0 Å². The minimum Gasteiger partial charge on any atom is -0.503 e. The maximum Gasteiger partial charge on any atom is 0.290 e. The number of Topliss-reactive ketones (excluding diaryl/α,β-unsaturated/α-hetero) is 1. The van der Waals surface area contributed by atoms with Crippen molar-refractivity contribution in [2.24, 2.45) is 0 Å². The molecule has 0 unspecified atom stereocenters. The number of rotatable bonds is 5. The highest BCUT2D eigenvalue weighted by Gasteiger charge is 2.45. The van der Waals surface area contributed by atoms with E-state index in [9.17, 15) is 14.7 Å². The normalized spacial score (nSPS) is 23.7. The van der Waals surface area contributed by atoms with Gasteiger partial charge in [0.2, 0.25) is 5.78 Å². The van der Waals surface area contributed by atoms with Crippen LogP contribution in [-0.2, 0) is 9.53 Å². The summed E-state index contributed by atoms with van der Waals surface area (Å²) in [6.07, 6.45) is 3.14. The third-order valence-corrected chi connectivity index (χ3v) is 5.45. The first-order chi connectivity index (χ1) is 12.2. The fraction of sp³-hybridized carbons (Fsp3) is 0.333. The summed E-state index contributed by atoms with van der Waals surface area (Å²) in [4.78, 5) is 27.9. The quantitative estimate of drug-likeness (QED) is 0.830. The van der Waals surface area contributed by atoms with Crippen LogP contribution in [0.5, 0.6) is 0 Å². The molecule has 2 atom stereocenters. The summed E-state index contributed by atoms with van der Waals surface area (Å²) >= 11 is 1.44. The summed E-state index contributed by atoms with van der Waals surface area (Å²) in [5.41, 5.74) is 0.0698. The zero-order valence-corrected chi connectivity index (χ0v) is 14.2. The number of carbonyl (C=O) groups excluding carboxylic acids is 2. The predicted octanol–water partition coefficient (Wildman–Crippen LogP) is 3.10. The third kappa shape index (κ3) is 2.79. The highest BCUT2D eigenvalue weighted by atomic mass is 32.1. The van der Waals surface area contributed by atoms with Crippen LogP contribution in [0.25, 0.3) is 0 Å². The predicted molar refractivity (Wildman–Crippen MR) is 90.4 cm³/mol. The Kier molecular flexibility index (Phi) is 4.19. The van der Waals surface area contributed by atoms with Crippen molar-refractivity contribution in [2.45, 2.75) is 25.0 Å². The average Bonchev–Trinajstić information content (AvgIpc) is 3.39. The van der Waals surface area contributed by atoms with Gasteiger partial charge in [0.1, 0.15) is 0 Å². The Morgan fingerprint density at radius 3 is 2.88 bits per heavy atom. The molecule has 1 fully saturated rings. The van der Waals surface area contributed by atoms with E-state index in [0.29, 0.717) is 13.2 Å². The van der Waals surface area contributed by atoms with Crippen molar-refractivity contribution >= 4 is 23.0 Å². The Bertz CT molecular complexity index is 803. The van der Waals surface area contributed by atoms with Crippen LogP contribution < -0.4 is 0 Å². The van der Waals surface area contributed by atoms with E-state index < -0.39 is 23.5 Å². The summed E-state index contributed by atoms with van der Waals surface area (Å²) in [6, 6.07) is 6.24. The molecule has 0 aromatic carbocycles. The van der Waals surface area contributed by atoms with Crippen LogP contribution in [0, 0.1) is 0 Å². The third-order valence-electron chi connectivity index (χ3n) is 4.53. The van der Waals surface area contributed by atoms with Gasteiger partial charge in [0.15, 0.2) is 11.5 Å². The number of nitrogens with zero attached hydrogens (tertiary/aromatic N) is 1. The molecule has 0 saturated carbocycles. The van der Waals surface area contributed by atoms with Gasteiger partial charge in [-0.1, -0.05) is 6.07 Å². The summed E-state index contributed by atoms with van der Waals surface area (Å²) in [5.74, 6) is -1.40. The van der Waals surface area contributed by atoms with Gasteiger partial charge < -0.3 is 19.2 Å². The number of aliphatic hydroxyl groups is 1. The number of carbonyl (C=O) groups is 2. The lowest BCUT2D eigenvalue weighted by atomic mass is 10.00. The number of amides is 1. The number of aliphatic hydroxyl groups excluding tert-OH is 1. The molecule has 6 nitrogen and oxygen atoms in total. The number of ketones is 1. The molecule has 1 N–H and O–H groups in total. The lowest BCUT2D eigenvalue weighted by Crippen LogP contribution is -2.37. The minimum absolute atomic E-state index is 0.0698. The molecule has 4 heterocycles. The zero-order chi connectivity index (χ0) is 17.4. The molecule has 0 spiro atoms. The smallest absolute Gasteiger partial charge is 0.290 e. The van der Waals surface area contributed by atoms with Crippen molar-refractivity contribution in [3.8, 4) is 0 Å². The Morgan fingerprint density at radius 1 is 1.36 bits per heavy atom. The molecule has 0 aliphatic carbocycles. The van der Waals surface area contributed by atoms with Crippen LogP contribution in [0.2, 0.25) is 0 Å². The second-order valence-corrected chi connectivity index (χ2v) is 7.06. The van der Waals surface area contributed by atoms with E-state index in [0.717, 1.165) is 17.7 Å². The van der Waals surface area contributed by atoms with Crippen molar-refractivity contribution in [2.75, 3.05) is 13.2 Å². The van der Waals surface area contributed by atoms with Crippen LogP contribution in [-0.4, -0.2) is 41.0 Å². The van der Waals surface area contributed by atoms with Gasteiger partial charge in [-0.05, 0) is 36.4 Å². The van der Waals surface area contributed by atoms with E-state index in [4.69, 9.17) is 9.15 Å². The molecule has 4 rings (SSSR count). The highest BCUT2D eigenvalue weighted by molar-refractivity contribution is 7.10. The van der Waals surface area contributed by atoms with E-state index in [2.05, 4.69) is 0 Å². The van der Waals surface area contributed by atoms with E-state index in [1.165, 1.54) is 28.6 Å². The van der Waals surface area contributed by atoms with Gasteiger partial charge in [-0.3, -0.25) is 9.59 Å². The van der Waals surface area contributed by atoms with Gasteiger partial charge in [0, 0.05) is 18.0 Å². The van der Waals surface area contributed by atoms with Gasteiger partial charge in [-0.15, -0.1) is 11.3 Å². The van der Waals surface area contributed by atoms with Gasteiger partial charge in [-0.25, -0.2) is 0 Å². The first-order valence-electron chi connectivity index (χ1n) is 8.14. The second kappa shape index (κ2) is 6.50. The van der Waals surface area contributed by atoms with Crippen molar-refractivity contribution in [1.29, 1.82) is 0 Å². The van der Waals surface area contributed by atoms with Crippen LogP contribution >= 0.6 is 11.3 Å². The molecule has 130 valence electrons. The Morgan fingerprint density at radius 2 is 2.24 bits per heavy atom. The number of hydrogen-bond acceptors (Lipinski definition) is 6. The Hall–Kier alpha value is -2.38. The molecule has 1 saturated heterocycles. The lowest BCUT2D eigenvalue weighted by Gasteiger charge is -2.27. The largest absolute Gasteiger partial charge is 0.503 e. The van der Waals surface area contributed by atoms with Crippen molar-refractivity contribution in [3.63, 3.8) is 0 Å². The van der Waals surface area contributed by atoms with Gasteiger partial charge in [-0.2, -0.15) is 0 Å². The maximum atomic E-state index is 12.8. The molecule has 2 aliphatic heterocycles. The van der Waals surface area contributed by atoms with E-state index in [1.807, 2.05) is 17.5 Å². The van der Waals surface area contributed by atoms with Crippen LogP contribution in [0.15, 0.2) is 51.7 Å². The topological polar surface area (TPSA) is 80.0 Å². The number of ether oxygens (including phenoxy) is 1. The van der Waals surface area contributed by atoms with E-state index in [1.54, 1.807) is 6.07 Å². The monoisotopic (exact) mass is 359 g/mol. The molecule has 25 heavy (non-hydrogen) atoms. The Balaban J connectivity index is 1.72. The zero-order valence-electron chi connectivity index (χ0n) is 13.4. The Labute approximate surface area is 148 Å². The molecule has 1 amide bonds. The molecule has 2 aromatic heterocycles. The van der Waals surface area contributed by atoms with E-state index >= 15 is 0 Å². The van der Waals surface area contributed by atoms with Crippen molar-refractivity contribution < 1.29 is 23.8 Å². The summed E-state index contributed by atoms with van der Waals surface area (Å²) in [5, 5.41) is 12.3. The number of furan rings is 1. The van der Waals surface area contributed by atoms with Crippen molar-refractivity contribution in [3.05, 3.63) is 57.9 Å². The average molecular weight is 359 g/mol. The first kappa shape index (κ1) is 16.1. The standard InChI is InChI=1S/C18H17NO5S/c20-16(12-5-2-8-24-12)14-15(13-6-3-9-25-13)19(18(22)17(14)21)10-11-4-1-7-23-11/h2-3,5-6,8-9,11,15,21H,1,4,7,10H2/t11-,15-/m0/s1. The molecule has 2 aliphatic rings. The SMILES string of the molecule is O=C(C1=C(O)C(=O)N(C[C@@H]2CCCO2)[C@H]1c1cccs1)c1ccco1. The van der Waals surface area contributed by atoms with Gasteiger partial charge in [0.25, 0.3) is 5.91 Å². The minimum atomic E-state index is -0.616. The van der Waals surface area contributed by atoms with Crippen LogP contribution in [0.4, 0.5) is 0 Å². The molecule has 0 radical (unpaired) electrons. The van der Waals surface area contributed by atoms with Crippen LogP contribution in [0.1, 0.15) is 34.3 Å². The second-order valence-electron chi connectivity index (χ2n) is 6.08. The van der Waals surface area contributed by atoms with E-state index in [-0.39, 0.29) is 17.4 Å². The molecular formula is C18H17NO5S. The van der Waals surface area contributed by atoms with Crippen LogP contribution in [0.3, 0.4) is 0 Å². The summed E-state index contributed by atoms with van der Waals surface area (Å²) in [6.45, 7) is 1.02. The first-order valence-corrected chi connectivity index (χ1v) is 9.02. The summed E-state index contributed by atoms with van der Waals surface area (Å²) < 4.78 is 10.8.